The first-order chi connectivity index (χ1) is 9.60. The molecule has 1 N–H and O–H groups in total. The number of rotatable bonds is 5. The summed E-state index contributed by atoms with van der Waals surface area (Å²) in [7, 11) is 0. The van der Waals surface area contributed by atoms with E-state index in [4.69, 9.17) is 0 Å². The number of benzene rings is 1. The molecule has 1 heterocycles. The summed E-state index contributed by atoms with van der Waals surface area (Å²) in [4.78, 5) is 2.64. The molecule has 1 fully saturated rings. The summed E-state index contributed by atoms with van der Waals surface area (Å²) in [6.07, 6.45) is 2.75. The van der Waals surface area contributed by atoms with Crippen LogP contribution >= 0.6 is 0 Å². The molecule has 2 heteroatoms. The van der Waals surface area contributed by atoms with E-state index in [1.807, 2.05) is 0 Å². The van der Waals surface area contributed by atoms with Crippen molar-refractivity contribution in [1.29, 1.82) is 0 Å². The van der Waals surface area contributed by atoms with Gasteiger partial charge in [0.05, 0.1) is 0 Å². The van der Waals surface area contributed by atoms with Crippen LogP contribution in [0.2, 0.25) is 0 Å². The third-order valence-electron chi connectivity index (χ3n) is 4.44. The number of hydrogen-bond donors (Lipinski definition) is 1. The molecule has 0 amide bonds. The Kier molecular flexibility index (Phi) is 5.62. The first-order valence-corrected chi connectivity index (χ1v) is 8.13. The second kappa shape index (κ2) is 7.24. The number of likely N-dealkylation sites (tertiary alicyclic amines) is 1. The molecule has 2 unspecified atom stereocenters. The van der Waals surface area contributed by atoms with Gasteiger partial charge < -0.3 is 10.2 Å². The summed E-state index contributed by atoms with van der Waals surface area (Å²) >= 11 is 0. The molecule has 112 valence electrons. The van der Waals surface area contributed by atoms with Gasteiger partial charge in [-0.1, -0.05) is 37.6 Å². The zero-order valence-electron chi connectivity index (χ0n) is 13.6. The lowest BCUT2D eigenvalue weighted by Crippen LogP contribution is -2.40. The van der Waals surface area contributed by atoms with Crippen LogP contribution in [-0.2, 0) is 0 Å². The van der Waals surface area contributed by atoms with Crippen LogP contribution < -0.4 is 5.32 Å². The van der Waals surface area contributed by atoms with Crippen molar-refractivity contribution in [3.05, 3.63) is 34.9 Å². The summed E-state index contributed by atoms with van der Waals surface area (Å²) in [5, 5.41) is 3.69. The summed E-state index contributed by atoms with van der Waals surface area (Å²) in [5.41, 5.74) is 4.25. The molecule has 0 saturated carbocycles. The molecule has 2 nitrogen and oxygen atoms in total. The van der Waals surface area contributed by atoms with Gasteiger partial charge in [-0.3, -0.25) is 0 Å². The lowest BCUT2D eigenvalue weighted by molar-refractivity contribution is 0.167. The van der Waals surface area contributed by atoms with Crippen LogP contribution in [0.15, 0.2) is 18.2 Å². The predicted molar refractivity (Wildman–Crippen MR) is 87.2 cm³/mol. The van der Waals surface area contributed by atoms with Crippen molar-refractivity contribution in [3.63, 3.8) is 0 Å². The van der Waals surface area contributed by atoms with Crippen molar-refractivity contribution in [3.8, 4) is 0 Å². The van der Waals surface area contributed by atoms with E-state index in [0.29, 0.717) is 6.04 Å². The van der Waals surface area contributed by atoms with E-state index in [1.54, 1.807) is 0 Å². The largest absolute Gasteiger partial charge is 0.309 e. The maximum atomic E-state index is 3.69. The van der Waals surface area contributed by atoms with E-state index in [2.05, 4.69) is 56.1 Å². The second-order valence-electron chi connectivity index (χ2n) is 6.48. The van der Waals surface area contributed by atoms with Crippen LogP contribution in [0.4, 0.5) is 0 Å². The van der Waals surface area contributed by atoms with Gasteiger partial charge in [0.2, 0.25) is 0 Å². The Labute approximate surface area is 124 Å². The minimum Gasteiger partial charge on any atom is -0.309 e. The molecule has 1 aliphatic heterocycles. The van der Waals surface area contributed by atoms with Crippen LogP contribution in [0.25, 0.3) is 0 Å². The number of nitrogens with zero attached hydrogens (tertiary/aromatic N) is 1. The van der Waals surface area contributed by atoms with Gasteiger partial charge in [-0.25, -0.2) is 0 Å². The molecule has 2 atom stereocenters. The van der Waals surface area contributed by atoms with Crippen LogP contribution in [0.5, 0.6) is 0 Å². The number of nitrogens with one attached hydrogen (secondary N) is 1. The fraction of sp³-hybridized carbons (Fsp3) is 0.667. The quantitative estimate of drug-likeness (QED) is 0.881. The molecular formula is C18H30N2. The van der Waals surface area contributed by atoms with Gasteiger partial charge >= 0.3 is 0 Å². The van der Waals surface area contributed by atoms with Crippen molar-refractivity contribution in [2.24, 2.45) is 5.92 Å². The van der Waals surface area contributed by atoms with Crippen molar-refractivity contribution in [2.45, 2.75) is 46.6 Å². The third-order valence-corrected chi connectivity index (χ3v) is 4.44. The molecule has 1 aliphatic rings. The Balaban J connectivity index is 2.11. The van der Waals surface area contributed by atoms with Crippen molar-refractivity contribution in [1.82, 2.24) is 10.2 Å². The van der Waals surface area contributed by atoms with E-state index in [-0.39, 0.29) is 0 Å². The second-order valence-corrected chi connectivity index (χ2v) is 6.48. The van der Waals surface area contributed by atoms with Gasteiger partial charge in [0.15, 0.2) is 0 Å². The Morgan fingerprint density at radius 2 is 2.15 bits per heavy atom. The minimum atomic E-state index is 0.463. The average Bonchev–Trinajstić information content (AvgIpc) is 2.41. The summed E-state index contributed by atoms with van der Waals surface area (Å²) in [5.74, 6) is 0.852. The molecule has 0 aromatic heterocycles. The smallest absolute Gasteiger partial charge is 0.0451 e. The number of aryl methyl sites for hydroxylation is 2. The van der Waals surface area contributed by atoms with Gasteiger partial charge in [0, 0.05) is 19.1 Å². The zero-order chi connectivity index (χ0) is 14.5. The highest BCUT2D eigenvalue weighted by atomic mass is 15.2. The molecule has 1 aromatic carbocycles. The highest BCUT2D eigenvalue weighted by Crippen LogP contribution is 2.23. The number of hydrogen-bond acceptors (Lipinski definition) is 2. The van der Waals surface area contributed by atoms with Crippen molar-refractivity contribution < 1.29 is 0 Å². The van der Waals surface area contributed by atoms with Crippen LogP contribution in [0, 0.1) is 19.8 Å². The lowest BCUT2D eigenvalue weighted by atomic mass is 9.96. The topological polar surface area (TPSA) is 15.3 Å². The lowest BCUT2D eigenvalue weighted by Gasteiger charge is -2.34. The molecular weight excluding hydrogens is 244 g/mol. The van der Waals surface area contributed by atoms with Gasteiger partial charge in [-0.15, -0.1) is 0 Å². The molecule has 2 rings (SSSR count). The highest BCUT2D eigenvalue weighted by molar-refractivity contribution is 5.33. The van der Waals surface area contributed by atoms with Crippen LogP contribution in [0.1, 0.15) is 49.4 Å². The monoisotopic (exact) mass is 274 g/mol. The maximum Gasteiger partial charge on any atom is 0.0451 e. The van der Waals surface area contributed by atoms with E-state index in [9.17, 15) is 0 Å². The fourth-order valence-corrected chi connectivity index (χ4v) is 3.37. The summed E-state index contributed by atoms with van der Waals surface area (Å²) in [6, 6.07) is 7.29. The van der Waals surface area contributed by atoms with E-state index < -0.39 is 0 Å². The number of piperidine rings is 1. The van der Waals surface area contributed by atoms with Crippen LogP contribution in [-0.4, -0.2) is 31.1 Å². The molecule has 0 spiro atoms. The molecule has 0 radical (unpaired) electrons. The van der Waals surface area contributed by atoms with E-state index in [0.717, 1.165) is 19.0 Å². The SMILES string of the molecule is CCNC(CN1CCCC(C)C1)c1cc(C)ccc1C. The first-order valence-electron chi connectivity index (χ1n) is 8.13. The molecule has 1 aromatic rings. The fourth-order valence-electron chi connectivity index (χ4n) is 3.37. The van der Waals surface area contributed by atoms with E-state index >= 15 is 0 Å². The summed E-state index contributed by atoms with van der Waals surface area (Å²) in [6.45, 7) is 13.7. The van der Waals surface area contributed by atoms with Gasteiger partial charge in [-0.2, -0.15) is 0 Å². The first kappa shape index (κ1) is 15.5. The zero-order valence-corrected chi connectivity index (χ0v) is 13.6. The van der Waals surface area contributed by atoms with E-state index in [1.165, 1.54) is 42.6 Å². The van der Waals surface area contributed by atoms with Gasteiger partial charge in [0.25, 0.3) is 0 Å². The normalized spacial score (nSPS) is 21.9. The van der Waals surface area contributed by atoms with Gasteiger partial charge in [0.1, 0.15) is 0 Å². The van der Waals surface area contributed by atoms with Crippen molar-refractivity contribution in [2.75, 3.05) is 26.2 Å². The summed E-state index contributed by atoms with van der Waals surface area (Å²) < 4.78 is 0. The maximum absolute atomic E-state index is 3.69. The Hall–Kier alpha value is -0.860. The standard InChI is InChI=1S/C18H30N2/c1-5-19-18(13-20-10-6-7-15(3)12-20)17-11-14(2)8-9-16(17)4/h8-9,11,15,18-19H,5-7,10,12-13H2,1-4H3. The Bertz CT molecular complexity index is 427. The molecule has 20 heavy (non-hydrogen) atoms. The predicted octanol–water partition coefficient (Wildman–Crippen LogP) is 3.69. The molecule has 1 saturated heterocycles. The highest BCUT2D eigenvalue weighted by Gasteiger charge is 2.21. The Morgan fingerprint density at radius 1 is 1.35 bits per heavy atom. The Morgan fingerprint density at radius 3 is 2.85 bits per heavy atom. The third kappa shape index (κ3) is 4.07. The van der Waals surface area contributed by atoms with Gasteiger partial charge in [-0.05, 0) is 56.8 Å². The average molecular weight is 274 g/mol. The molecule has 0 aliphatic carbocycles. The number of likely N-dealkylation sites (N-methyl/N-ethyl adjacent to an activating group) is 1. The van der Waals surface area contributed by atoms with Crippen LogP contribution in [0.3, 0.4) is 0 Å². The van der Waals surface area contributed by atoms with Crippen molar-refractivity contribution >= 4 is 0 Å². The minimum absolute atomic E-state index is 0.463. The molecule has 0 bridgehead atoms.